The van der Waals surface area contributed by atoms with Crippen LogP contribution in [0.3, 0.4) is 0 Å². The maximum atomic E-state index is 12.5. The molecule has 25 heavy (non-hydrogen) atoms. The highest BCUT2D eigenvalue weighted by molar-refractivity contribution is 7.15. The summed E-state index contributed by atoms with van der Waals surface area (Å²) in [5.41, 5.74) is 1.30. The number of likely N-dealkylation sites (tertiary alicyclic amines) is 1. The lowest BCUT2D eigenvalue weighted by Crippen LogP contribution is -2.41. The fourth-order valence-corrected chi connectivity index (χ4v) is 3.75. The second-order valence-corrected chi connectivity index (χ2v) is 7.14. The largest absolute Gasteiger partial charge is 0.381 e. The Balaban J connectivity index is 1.54. The number of urea groups is 1. The molecular formula is C18H24N4O2S. The lowest BCUT2D eigenvalue weighted by Gasteiger charge is -2.32. The molecule has 6 nitrogen and oxygen atoms in total. The van der Waals surface area contributed by atoms with Crippen LogP contribution in [0.25, 0.3) is 0 Å². The quantitative estimate of drug-likeness (QED) is 0.800. The zero-order chi connectivity index (χ0) is 17.5. The number of amides is 2. The Bertz CT molecular complexity index is 677. The average Bonchev–Trinajstić information content (AvgIpc) is 3.10. The smallest absolute Gasteiger partial charge is 0.323 e. The van der Waals surface area contributed by atoms with E-state index < -0.39 is 0 Å². The molecule has 2 aromatic rings. The first kappa shape index (κ1) is 17.8. The summed E-state index contributed by atoms with van der Waals surface area (Å²) >= 11 is 1.41. The van der Waals surface area contributed by atoms with Crippen molar-refractivity contribution in [2.75, 3.05) is 31.6 Å². The zero-order valence-corrected chi connectivity index (χ0v) is 15.3. The number of carbonyl (C=O) groups is 1. The van der Waals surface area contributed by atoms with Crippen LogP contribution in [-0.2, 0) is 11.2 Å². The van der Waals surface area contributed by atoms with Crippen molar-refractivity contribution in [3.8, 4) is 0 Å². The molecule has 1 atom stereocenters. The molecule has 7 heteroatoms. The first-order chi connectivity index (χ1) is 12.3. The number of rotatable bonds is 6. The van der Waals surface area contributed by atoms with E-state index in [2.05, 4.69) is 39.8 Å². The van der Waals surface area contributed by atoms with E-state index in [1.165, 1.54) is 16.9 Å². The van der Waals surface area contributed by atoms with E-state index in [4.69, 9.17) is 4.74 Å². The fourth-order valence-electron chi connectivity index (χ4n) is 3.04. The minimum Gasteiger partial charge on any atom is -0.381 e. The predicted octanol–water partition coefficient (Wildman–Crippen LogP) is 3.53. The van der Waals surface area contributed by atoms with Crippen molar-refractivity contribution in [3.05, 3.63) is 40.9 Å². The van der Waals surface area contributed by atoms with Crippen molar-refractivity contribution in [2.45, 2.75) is 32.1 Å². The highest BCUT2D eigenvalue weighted by Gasteiger charge is 2.25. The summed E-state index contributed by atoms with van der Waals surface area (Å²) in [5, 5.41) is 12.5. The van der Waals surface area contributed by atoms with Gasteiger partial charge in [-0.1, -0.05) is 41.7 Å². The van der Waals surface area contributed by atoms with Gasteiger partial charge < -0.3 is 9.64 Å². The molecular weight excluding hydrogens is 336 g/mol. The molecule has 1 fully saturated rings. The Hall–Kier alpha value is -1.99. The Morgan fingerprint density at radius 1 is 1.36 bits per heavy atom. The van der Waals surface area contributed by atoms with Gasteiger partial charge in [-0.15, -0.1) is 10.2 Å². The summed E-state index contributed by atoms with van der Waals surface area (Å²) in [6.07, 6.45) is 2.86. The topological polar surface area (TPSA) is 67.4 Å². The van der Waals surface area contributed by atoms with Crippen LogP contribution in [-0.4, -0.2) is 47.4 Å². The van der Waals surface area contributed by atoms with E-state index >= 15 is 0 Å². The molecule has 1 aliphatic rings. The molecule has 0 unspecified atom stereocenters. The Morgan fingerprint density at radius 3 is 3.00 bits per heavy atom. The van der Waals surface area contributed by atoms with Crippen LogP contribution >= 0.6 is 11.3 Å². The molecule has 134 valence electrons. The molecule has 0 bridgehead atoms. The summed E-state index contributed by atoms with van der Waals surface area (Å²) < 4.78 is 5.32. The van der Waals surface area contributed by atoms with E-state index in [1.807, 2.05) is 17.9 Å². The van der Waals surface area contributed by atoms with E-state index in [1.54, 1.807) is 0 Å². The summed E-state index contributed by atoms with van der Waals surface area (Å²) in [7, 11) is 0. The van der Waals surface area contributed by atoms with Crippen molar-refractivity contribution in [1.29, 1.82) is 0 Å². The maximum absolute atomic E-state index is 12.5. The van der Waals surface area contributed by atoms with Gasteiger partial charge in [0.15, 0.2) is 0 Å². The Kier molecular flexibility index (Phi) is 6.36. The van der Waals surface area contributed by atoms with Gasteiger partial charge in [0.1, 0.15) is 5.01 Å². The van der Waals surface area contributed by atoms with Crippen molar-refractivity contribution >= 4 is 22.5 Å². The second kappa shape index (κ2) is 8.92. The van der Waals surface area contributed by atoms with E-state index in [9.17, 15) is 4.79 Å². The molecule has 1 saturated heterocycles. The Labute approximate surface area is 152 Å². The number of hydrogen-bond acceptors (Lipinski definition) is 5. The number of carbonyl (C=O) groups excluding carboxylic acids is 1. The van der Waals surface area contributed by atoms with Gasteiger partial charge in [0.05, 0.1) is 6.61 Å². The van der Waals surface area contributed by atoms with Crippen LogP contribution in [0, 0.1) is 0 Å². The van der Waals surface area contributed by atoms with Crippen molar-refractivity contribution in [1.82, 2.24) is 15.1 Å². The molecule has 3 rings (SSSR count). The normalized spacial score (nSPS) is 17.5. The number of piperidine rings is 1. The van der Waals surface area contributed by atoms with Crippen LogP contribution in [0.2, 0.25) is 0 Å². The van der Waals surface area contributed by atoms with Crippen molar-refractivity contribution in [2.24, 2.45) is 0 Å². The molecule has 2 heterocycles. The van der Waals surface area contributed by atoms with Gasteiger partial charge >= 0.3 is 6.03 Å². The fraction of sp³-hybridized carbons (Fsp3) is 0.500. The number of benzene rings is 1. The molecule has 1 aliphatic heterocycles. The molecule has 1 aromatic heterocycles. The van der Waals surface area contributed by atoms with Gasteiger partial charge in [-0.25, -0.2) is 4.79 Å². The summed E-state index contributed by atoms with van der Waals surface area (Å²) in [5.74, 6) is 0.400. The van der Waals surface area contributed by atoms with Gasteiger partial charge in [0, 0.05) is 32.0 Å². The van der Waals surface area contributed by atoms with Crippen LogP contribution in [0.15, 0.2) is 30.3 Å². The lowest BCUT2D eigenvalue weighted by molar-refractivity contribution is 0.150. The van der Waals surface area contributed by atoms with Gasteiger partial charge in [-0.3, -0.25) is 5.32 Å². The molecule has 0 spiro atoms. The standard InChI is InChI=1S/C18H24N4O2S/c1-2-24-12-10-16-20-21-17(25-16)19-18(23)22-11-6-9-15(13-22)14-7-4-3-5-8-14/h3-5,7-8,15H,2,6,9-13H2,1H3,(H,19,21,23)/t15-/m1/s1. The molecule has 2 amide bonds. The number of anilines is 1. The van der Waals surface area contributed by atoms with Gasteiger partial charge in [-0.2, -0.15) is 0 Å². The molecule has 0 saturated carbocycles. The molecule has 0 aliphatic carbocycles. The SMILES string of the molecule is CCOCCc1nnc(NC(=O)N2CCC[C@@H](c3ccccc3)C2)s1. The average molecular weight is 360 g/mol. The van der Waals surface area contributed by atoms with Crippen LogP contribution < -0.4 is 5.32 Å². The number of nitrogens with one attached hydrogen (secondary N) is 1. The third-order valence-electron chi connectivity index (χ3n) is 4.32. The van der Waals surface area contributed by atoms with E-state index in [0.29, 0.717) is 24.3 Å². The summed E-state index contributed by atoms with van der Waals surface area (Å²) in [4.78, 5) is 14.4. The van der Waals surface area contributed by atoms with Crippen LogP contribution in [0.5, 0.6) is 0 Å². The summed E-state index contributed by atoms with van der Waals surface area (Å²) in [6, 6.07) is 10.3. The minimum atomic E-state index is -0.0897. The van der Waals surface area contributed by atoms with Crippen LogP contribution in [0.1, 0.15) is 36.3 Å². The first-order valence-corrected chi connectivity index (χ1v) is 9.59. The number of ether oxygens (including phenoxy) is 1. The van der Waals surface area contributed by atoms with Crippen molar-refractivity contribution in [3.63, 3.8) is 0 Å². The maximum Gasteiger partial charge on any atom is 0.323 e. The predicted molar refractivity (Wildman–Crippen MR) is 99.1 cm³/mol. The van der Waals surface area contributed by atoms with E-state index in [-0.39, 0.29) is 6.03 Å². The highest BCUT2D eigenvalue weighted by Crippen LogP contribution is 2.27. The minimum absolute atomic E-state index is 0.0897. The van der Waals surface area contributed by atoms with Gasteiger partial charge in [0.2, 0.25) is 5.13 Å². The molecule has 1 N–H and O–H groups in total. The van der Waals surface area contributed by atoms with Gasteiger partial charge in [0.25, 0.3) is 0 Å². The second-order valence-electron chi connectivity index (χ2n) is 6.07. The molecule has 1 aromatic carbocycles. The summed E-state index contributed by atoms with van der Waals surface area (Å²) in [6.45, 7) is 4.81. The first-order valence-electron chi connectivity index (χ1n) is 8.77. The Morgan fingerprint density at radius 2 is 2.20 bits per heavy atom. The number of hydrogen-bond donors (Lipinski definition) is 1. The van der Waals surface area contributed by atoms with Crippen molar-refractivity contribution < 1.29 is 9.53 Å². The molecule has 0 radical (unpaired) electrons. The third-order valence-corrected chi connectivity index (χ3v) is 5.22. The number of nitrogens with zero attached hydrogens (tertiary/aromatic N) is 3. The third kappa shape index (κ3) is 4.99. The van der Waals surface area contributed by atoms with Gasteiger partial charge in [-0.05, 0) is 25.3 Å². The highest BCUT2D eigenvalue weighted by atomic mass is 32.1. The van der Waals surface area contributed by atoms with Crippen LogP contribution in [0.4, 0.5) is 9.93 Å². The van der Waals surface area contributed by atoms with E-state index in [0.717, 1.165) is 37.4 Å². The number of aromatic nitrogens is 2. The zero-order valence-electron chi connectivity index (χ0n) is 14.5. The monoisotopic (exact) mass is 360 g/mol. The lowest BCUT2D eigenvalue weighted by atomic mass is 9.91.